The first kappa shape index (κ1) is 15.5. The van der Waals surface area contributed by atoms with Gasteiger partial charge in [0.25, 0.3) is 0 Å². The van der Waals surface area contributed by atoms with Crippen molar-refractivity contribution in [2.45, 2.75) is 19.6 Å². The molecule has 0 aliphatic rings. The first-order valence-electron chi connectivity index (χ1n) is 6.73. The summed E-state index contributed by atoms with van der Waals surface area (Å²) in [4.78, 5) is 28.5. The normalized spacial score (nSPS) is 11.5. The van der Waals surface area contributed by atoms with Crippen LogP contribution in [0.15, 0.2) is 54.7 Å². The van der Waals surface area contributed by atoms with Gasteiger partial charge in [0, 0.05) is 6.20 Å². The molecule has 2 rings (SSSR count). The molecule has 0 spiro atoms. The molecular weight excluding hydrogens is 284 g/mol. The Balaban J connectivity index is 2.14. The molecule has 6 heteroatoms. The monoisotopic (exact) mass is 300 g/mol. The van der Waals surface area contributed by atoms with Crippen LogP contribution in [0.4, 0.5) is 10.6 Å². The van der Waals surface area contributed by atoms with E-state index >= 15 is 0 Å². The van der Waals surface area contributed by atoms with E-state index < -0.39 is 18.1 Å². The predicted octanol–water partition coefficient (Wildman–Crippen LogP) is 2.70. The van der Waals surface area contributed by atoms with Gasteiger partial charge in [0.05, 0.1) is 0 Å². The fourth-order valence-corrected chi connectivity index (χ4v) is 1.85. The van der Waals surface area contributed by atoms with E-state index in [1.54, 1.807) is 18.2 Å². The number of carbonyl (C=O) groups excluding carboxylic acids is 1. The number of rotatable bonds is 5. The standard InChI is InChI=1S/C16H16N2O4/c1-12(15(19)20)18(14-9-5-6-10-17-14)16(21)22-11-13-7-3-2-4-8-13/h2-10,12H,11H2,1H3,(H,19,20)/t12-/m0/s1. The second-order valence-corrected chi connectivity index (χ2v) is 4.61. The lowest BCUT2D eigenvalue weighted by molar-refractivity contribution is -0.138. The predicted molar refractivity (Wildman–Crippen MR) is 80.4 cm³/mol. The second kappa shape index (κ2) is 7.21. The molecule has 1 N–H and O–H groups in total. The molecular formula is C16H16N2O4. The third-order valence-corrected chi connectivity index (χ3v) is 3.04. The maximum atomic E-state index is 12.3. The van der Waals surface area contributed by atoms with Crippen LogP contribution < -0.4 is 4.90 Å². The summed E-state index contributed by atoms with van der Waals surface area (Å²) in [7, 11) is 0. The van der Waals surface area contributed by atoms with Crippen molar-refractivity contribution in [3.05, 3.63) is 60.3 Å². The highest BCUT2D eigenvalue weighted by atomic mass is 16.6. The van der Waals surface area contributed by atoms with Crippen LogP contribution >= 0.6 is 0 Å². The molecule has 0 aliphatic heterocycles. The van der Waals surface area contributed by atoms with Crippen LogP contribution in [0.2, 0.25) is 0 Å². The Morgan fingerprint density at radius 3 is 2.45 bits per heavy atom. The highest BCUT2D eigenvalue weighted by Crippen LogP contribution is 2.16. The van der Waals surface area contributed by atoms with Crippen LogP contribution in [-0.2, 0) is 16.1 Å². The largest absolute Gasteiger partial charge is 0.480 e. The van der Waals surface area contributed by atoms with Gasteiger partial charge in [-0.05, 0) is 24.6 Å². The van der Waals surface area contributed by atoms with Gasteiger partial charge < -0.3 is 9.84 Å². The molecule has 0 radical (unpaired) electrons. The summed E-state index contributed by atoms with van der Waals surface area (Å²) in [6.45, 7) is 1.47. The molecule has 0 saturated carbocycles. The summed E-state index contributed by atoms with van der Waals surface area (Å²) in [5, 5.41) is 9.17. The molecule has 1 aromatic carbocycles. The molecule has 0 unspecified atom stereocenters. The average molecular weight is 300 g/mol. The molecule has 1 aromatic heterocycles. The Kier molecular flexibility index (Phi) is 5.08. The molecule has 0 fully saturated rings. The number of hydrogen-bond donors (Lipinski definition) is 1. The van der Waals surface area contributed by atoms with Gasteiger partial charge >= 0.3 is 12.1 Å². The first-order chi connectivity index (χ1) is 10.6. The lowest BCUT2D eigenvalue weighted by Gasteiger charge is -2.24. The summed E-state index contributed by atoms with van der Waals surface area (Å²) < 4.78 is 5.20. The van der Waals surface area contributed by atoms with Crippen molar-refractivity contribution < 1.29 is 19.4 Å². The van der Waals surface area contributed by atoms with Crippen molar-refractivity contribution >= 4 is 17.9 Å². The summed E-state index contributed by atoms with van der Waals surface area (Å²) >= 11 is 0. The number of hydrogen-bond acceptors (Lipinski definition) is 4. The Morgan fingerprint density at radius 1 is 1.18 bits per heavy atom. The Hall–Kier alpha value is -2.89. The number of carboxylic acids is 1. The Labute approximate surface area is 128 Å². The van der Waals surface area contributed by atoms with Gasteiger partial charge in [-0.2, -0.15) is 0 Å². The first-order valence-corrected chi connectivity index (χ1v) is 6.73. The zero-order chi connectivity index (χ0) is 15.9. The summed E-state index contributed by atoms with van der Waals surface area (Å²) in [5.41, 5.74) is 0.819. The lowest BCUT2D eigenvalue weighted by Crippen LogP contribution is -2.44. The smallest absolute Gasteiger partial charge is 0.416 e. The molecule has 22 heavy (non-hydrogen) atoms. The van der Waals surface area contributed by atoms with E-state index in [0.717, 1.165) is 10.5 Å². The van der Waals surface area contributed by atoms with Crippen molar-refractivity contribution in [1.29, 1.82) is 0 Å². The maximum absolute atomic E-state index is 12.3. The zero-order valence-corrected chi connectivity index (χ0v) is 12.0. The minimum Gasteiger partial charge on any atom is -0.480 e. The number of aliphatic carboxylic acids is 1. The fourth-order valence-electron chi connectivity index (χ4n) is 1.85. The van der Waals surface area contributed by atoms with Crippen LogP contribution in [0.25, 0.3) is 0 Å². The van der Waals surface area contributed by atoms with Gasteiger partial charge in [0.2, 0.25) is 0 Å². The van der Waals surface area contributed by atoms with Gasteiger partial charge in [0.15, 0.2) is 0 Å². The van der Waals surface area contributed by atoms with E-state index in [4.69, 9.17) is 4.74 Å². The molecule has 0 bridgehead atoms. The number of nitrogens with zero attached hydrogens (tertiary/aromatic N) is 2. The summed E-state index contributed by atoms with van der Waals surface area (Å²) in [5.74, 6) is -0.905. The number of anilines is 1. The lowest BCUT2D eigenvalue weighted by atomic mass is 10.2. The van der Waals surface area contributed by atoms with Gasteiger partial charge in [-0.3, -0.25) is 0 Å². The number of carboxylic acid groups (broad SMARTS) is 1. The van der Waals surface area contributed by atoms with E-state index in [2.05, 4.69) is 4.98 Å². The molecule has 1 atom stereocenters. The number of aromatic nitrogens is 1. The molecule has 6 nitrogen and oxygen atoms in total. The van der Waals surface area contributed by atoms with E-state index in [9.17, 15) is 14.7 Å². The van der Waals surface area contributed by atoms with E-state index in [1.807, 2.05) is 30.3 Å². The molecule has 114 valence electrons. The van der Waals surface area contributed by atoms with Crippen LogP contribution in [0.1, 0.15) is 12.5 Å². The third kappa shape index (κ3) is 3.82. The summed E-state index contributed by atoms with van der Waals surface area (Å²) in [6, 6.07) is 13.0. The van der Waals surface area contributed by atoms with Crippen LogP contribution in [0.5, 0.6) is 0 Å². The van der Waals surface area contributed by atoms with Gasteiger partial charge in [-0.25, -0.2) is 19.5 Å². The minimum absolute atomic E-state index is 0.0648. The highest BCUT2D eigenvalue weighted by molar-refractivity contribution is 5.93. The van der Waals surface area contributed by atoms with Gasteiger partial charge in [0.1, 0.15) is 18.5 Å². The number of ether oxygens (including phenoxy) is 1. The maximum Gasteiger partial charge on any atom is 0.416 e. The van der Waals surface area contributed by atoms with Crippen molar-refractivity contribution in [2.24, 2.45) is 0 Å². The molecule has 1 heterocycles. The average Bonchev–Trinajstić information content (AvgIpc) is 2.55. The van der Waals surface area contributed by atoms with Crippen molar-refractivity contribution in [3.8, 4) is 0 Å². The molecule has 1 amide bonds. The zero-order valence-electron chi connectivity index (χ0n) is 12.0. The van der Waals surface area contributed by atoms with Crippen LogP contribution in [-0.4, -0.2) is 28.2 Å². The number of amides is 1. The Bertz CT molecular complexity index is 631. The van der Waals surface area contributed by atoms with Crippen molar-refractivity contribution in [1.82, 2.24) is 4.98 Å². The SMILES string of the molecule is C[C@@H](C(=O)O)N(C(=O)OCc1ccccc1)c1ccccn1. The third-order valence-electron chi connectivity index (χ3n) is 3.04. The van der Waals surface area contributed by atoms with Crippen LogP contribution in [0.3, 0.4) is 0 Å². The highest BCUT2D eigenvalue weighted by Gasteiger charge is 2.29. The van der Waals surface area contributed by atoms with Gasteiger partial charge in [-0.15, -0.1) is 0 Å². The minimum atomic E-state index is -1.14. The Morgan fingerprint density at radius 2 is 1.86 bits per heavy atom. The van der Waals surface area contributed by atoms with E-state index in [1.165, 1.54) is 13.1 Å². The van der Waals surface area contributed by atoms with Crippen molar-refractivity contribution in [3.63, 3.8) is 0 Å². The quantitative estimate of drug-likeness (QED) is 0.918. The van der Waals surface area contributed by atoms with E-state index in [-0.39, 0.29) is 12.4 Å². The molecule has 0 saturated heterocycles. The van der Waals surface area contributed by atoms with E-state index in [0.29, 0.717) is 0 Å². The molecule has 0 aliphatic carbocycles. The topological polar surface area (TPSA) is 79.7 Å². The van der Waals surface area contributed by atoms with Crippen LogP contribution in [0, 0.1) is 0 Å². The van der Waals surface area contributed by atoms with Gasteiger partial charge in [-0.1, -0.05) is 36.4 Å². The number of pyridine rings is 1. The summed E-state index contributed by atoms with van der Waals surface area (Å²) in [6.07, 6.45) is 0.735. The number of carbonyl (C=O) groups is 2. The number of benzene rings is 1. The van der Waals surface area contributed by atoms with Crippen molar-refractivity contribution in [2.75, 3.05) is 4.90 Å². The second-order valence-electron chi connectivity index (χ2n) is 4.61. The molecule has 2 aromatic rings. The fraction of sp³-hybridized carbons (Fsp3) is 0.188.